The lowest BCUT2D eigenvalue weighted by Gasteiger charge is -2.45. The van der Waals surface area contributed by atoms with Gasteiger partial charge in [0.25, 0.3) is 5.91 Å². The van der Waals surface area contributed by atoms with Gasteiger partial charge in [0.2, 0.25) is 0 Å². The number of nitrogens with zero attached hydrogens (tertiary/aromatic N) is 2. The smallest absolute Gasteiger partial charge is 0.320 e. The van der Waals surface area contributed by atoms with Crippen molar-refractivity contribution in [2.24, 2.45) is 5.92 Å². The van der Waals surface area contributed by atoms with Gasteiger partial charge in [0, 0.05) is 42.0 Å². The topological polar surface area (TPSA) is 108 Å². The summed E-state index contributed by atoms with van der Waals surface area (Å²) < 4.78 is 41.4. The van der Waals surface area contributed by atoms with Crippen LogP contribution in [0.1, 0.15) is 23.6 Å². The highest BCUT2D eigenvalue weighted by Crippen LogP contribution is 2.43. The van der Waals surface area contributed by atoms with Gasteiger partial charge in [0.05, 0.1) is 14.5 Å². The number of aliphatic carboxylic acids is 1. The van der Waals surface area contributed by atoms with Gasteiger partial charge < -0.3 is 29.7 Å². The molecule has 0 saturated carbocycles. The Morgan fingerprint density at radius 2 is 1.74 bits per heavy atom. The van der Waals surface area contributed by atoms with Gasteiger partial charge in [-0.15, -0.1) is 0 Å². The Bertz CT molecular complexity index is 1320. The van der Waals surface area contributed by atoms with Crippen molar-refractivity contribution in [3.8, 4) is 11.5 Å². The highest BCUT2D eigenvalue weighted by atomic mass is 28.3. The Kier molecular flexibility index (Phi) is 7.00. The standard InChI is InChI=1S/C27H31F2N3O6Si/c1-39(2,3)25-19(28)11-16(12-20(25)29)30-26(35)23-17-4-5-21-24(38-9-8-37-21)18(17)6-7-32(23)27(36)31-13-15(14-31)10-22(33)34/h4-5,11-12,15,23H,6-10,13-14H2,1-3H3,(H,30,35)(H,33,34)/t23-/m1/s1. The lowest BCUT2D eigenvalue weighted by Crippen LogP contribution is -2.58. The Balaban J connectivity index is 1.46. The summed E-state index contributed by atoms with van der Waals surface area (Å²) in [5, 5.41) is 11.7. The van der Waals surface area contributed by atoms with Crippen LogP contribution in [0.25, 0.3) is 0 Å². The van der Waals surface area contributed by atoms with Crippen LogP contribution in [0.3, 0.4) is 0 Å². The first-order valence-electron chi connectivity index (χ1n) is 12.9. The summed E-state index contributed by atoms with van der Waals surface area (Å²) in [6.45, 7) is 6.99. The van der Waals surface area contributed by atoms with Crippen molar-refractivity contribution in [3.05, 3.63) is 47.0 Å². The van der Waals surface area contributed by atoms with Gasteiger partial charge in [-0.2, -0.15) is 0 Å². The van der Waals surface area contributed by atoms with Crippen LogP contribution in [-0.2, 0) is 16.0 Å². The fraction of sp³-hybridized carbons (Fsp3) is 0.444. The molecule has 3 heterocycles. The molecule has 1 fully saturated rings. The molecule has 0 radical (unpaired) electrons. The molecule has 3 aliphatic heterocycles. The molecule has 1 saturated heterocycles. The maximum Gasteiger partial charge on any atom is 0.320 e. The van der Waals surface area contributed by atoms with Gasteiger partial charge >= 0.3 is 12.0 Å². The van der Waals surface area contributed by atoms with Crippen molar-refractivity contribution >= 4 is 36.9 Å². The summed E-state index contributed by atoms with van der Waals surface area (Å²) >= 11 is 0. The number of carbonyl (C=O) groups excluding carboxylic acids is 2. The van der Waals surface area contributed by atoms with Gasteiger partial charge in [0.1, 0.15) is 30.9 Å². The number of rotatable bonds is 5. The molecule has 2 aromatic carbocycles. The minimum atomic E-state index is -2.32. The Morgan fingerprint density at radius 3 is 2.38 bits per heavy atom. The number of urea groups is 1. The van der Waals surface area contributed by atoms with Crippen LogP contribution in [0, 0.1) is 17.6 Å². The lowest BCUT2D eigenvalue weighted by atomic mass is 9.90. The van der Waals surface area contributed by atoms with Crippen molar-refractivity contribution in [3.63, 3.8) is 0 Å². The zero-order valence-electron chi connectivity index (χ0n) is 22.1. The summed E-state index contributed by atoms with van der Waals surface area (Å²) in [4.78, 5) is 41.2. The van der Waals surface area contributed by atoms with Crippen LogP contribution in [0.15, 0.2) is 24.3 Å². The Morgan fingerprint density at radius 1 is 1.08 bits per heavy atom. The fourth-order valence-corrected chi connectivity index (χ4v) is 7.15. The number of carboxylic acids is 1. The molecule has 208 valence electrons. The zero-order valence-corrected chi connectivity index (χ0v) is 23.1. The minimum Gasteiger partial charge on any atom is -0.486 e. The van der Waals surface area contributed by atoms with Gasteiger partial charge in [-0.3, -0.25) is 9.59 Å². The number of amides is 3. The minimum absolute atomic E-state index is 0.0372. The molecule has 39 heavy (non-hydrogen) atoms. The van der Waals surface area contributed by atoms with E-state index in [0.29, 0.717) is 36.7 Å². The number of halogens is 2. The third kappa shape index (κ3) is 5.17. The number of hydrogen-bond acceptors (Lipinski definition) is 5. The normalized spacial score (nSPS) is 18.7. The monoisotopic (exact) mass is 559 g/mol. The number of nitrogens with one attached hydrogen (secondary N) is 1. The molecule has 5 rings (SSSR count). The molecule has 3 aliphatic rings. The molecule has 0 aromatic heterocycles. The van der Waals surface area contributed by atoms with E-state index in [-0.39, 0.29) is 42.8 Å². The molecule has 9 nitrogen and oxygen atoms in total. The molecule has 0 aliphatic carbocycles. The van der Waals surface area contributed by atoms with Crippen LogP contribution < -0.4 is 20.0 Å². The number of likely N-dealkylation sites (tertiary alicyclic amines) is 1. The van der Waals surface area contributed by atoms with Crippen molar-refractivity contribution in [2.45, 2.75) is 38.5 Å². The van der Waals surface area contributed by atoms with Gasteiger partial charge in [-0.1, -0.05) is 25.7 Å². The van der Waals surface area contributed by atoms with E-state index in [1.807, 2.05) is 19.6 Å². The van der Waals surface area contributed by atoms with Crippen LogP contribution in [0.5, 0.6) is 11.5 Å². The molecule has 2 aromatic rings. The maximum atomic E-state index is 14.9. The second kappa shape index (κ2) is 10.1. The first-order chi connectivity index (χ1) is 18.4. The number of hydrogen-bond donors (Lipinski definition) is 2. The van der Waals surface area contributed by atoms with E-state index in [4.69, 9.17) is 14.6 Å². The highest BCUT2D eigenvalue weighted by Gasteiger charge is 2.43. The number of benzene rings is 2. The van der Waals surface area contributed by atoms with E-state index < -0.39 is 43.7 Å². The van der Waals surface area contributed by atoms with E-state index in [1.165, 1.54) is 9.80 Å². The van der Waals surface area contributed by atoms with Crippen molar-refractivity contribution in [1.82, 2.24) is 9.80 Å². The molecule has 3 amide bonds. The number of anilines is 1. The third-order valence-electron chi connectivity index (χ3n) is 7.30. The number of fused-ring (bicyclic) bond motifs is 3. The fourth-order valence-electron chi connectivity index (χ4n) is 5.58. The second-order valence-electron chi connectivity index (χ2n) is 11.2. The van der Waals surface area contributed by atoms with Crippen LogP contribution in [-0.4, -0.2) is 73.7 Å². The van der Waals surface area contributed by atoms with Crippen molar-refractivity contribution < 1.29 is 37.7 Å². The quantitative estimate of drug-likeness (QED) is 0.544. The average molecular weight is 560 g/mol. The number of carbonyl (C=O) groups is 3. The SMILES string of the molecule is C[Si](C)(C)c1c(F)cc(NC(=O)[C@H]2c3ccc4c(c3CCN2C(=O)N2CC(CC(=O)O)C2)OCCO4)cc1F. The molecule has 0 unspecified atom stereocenters. The summed E-state index contributed by atoms with van der Waals surface area (Å²) in [5.41, 5.74) is 1.24. The molecular formula is C27H31F2N3O6Si. The third-order valence-corrected chi connectivity index (χ3v) is 9.28. The maximum absolute atomic E-state index is 14.9. The van der Waals surface area contributed by atoms with Crippen molar-refractivity contribution in [2.75, 3.05) is 38.2 Å². The average Bonchev–Trinajstić information content (AvgIpc) is 2.83. The molecule has 2 N–H and O–H groups in total. The zero-order chi connectivity index (χ0) is 28.1. The number of ether oxygens (including phenoxy) is 2. The Hall–Kier alpha value is -3.67. The lowest BCUT2D eigenvalue weighted by molar-refractivity contribution is -0.139. The summed E-state index contributed by atoms with van der Waals surface area (Å²) in [5.74, 6) is -2.04. The van der Waals surface area contributed by atoms with E-state index in [1.54, 1.807) is 12.1 Å². The van der Waals surface area contributed by atoms with Gasteiger partial charge in [-0.25, -0.2) is 13.6 Å². The van der Waals surface area contributed by atoms with Crippen LogP contribution in [0.4, 0.5) is 19.3 Å². The predicted molar refractivity (Wildman–Crippen MR) is 141 cm³/mol. The molecule has 0 bridgehead atoms. The summed E-state index contributed by atoms with van der Waals surface area (Å²) in [6.07, 6.45) is 0.377. The van der Waals surface area contributed by atoms with Gasteiger partial charge in [0.15, 0.2) is 11.5 Å². The molecule has 12 heteroatoms. The van der Waals surface area contributed by atoms with E-state index in [9.17, 15) is 23.2 Å². The molecular weight excluding hydrogens is 528 g/mol. The van der Waals surface area contributed by atoms with E-state index >= 15 is 0 Å². The first-order valence-corrected chi connectivity index (χ1v) is 16.4. The predicted octanol–water partition coefficient (Wildman–Crippen LogP) is 3.35. The van der Waals surface area contributed by atoms with Crippen LogP contribution >= 0.6 is 0 Å². The molecule has 1 atom stereocenters. The first kappa shape index (κ1) is 26.9. The van der Waals surface area contributed by atoms with Gasteiger partial charge in [-0.05, 0) is 30.2 Å². The Labute approximate surface area is 225 Å². The second-order valence-corrected chi connectivity index (χ2v) is 16.2. The largest absolute Gasteiger partial charge is 0.486 e. The van der Waals surface area contributed by atoms with Crippen LogP contribution in [0.2, 0.25) is 19.6 Å². The summed E-state index contributed by atoms with van der Waals surface area (Å²) in [7, 11) is -2.32. The summed E-state index contributed by atoms with van der Waals surface area (Å²) in [6, 6.07) is 4.13. The highest BCUT2D eigenvalue weighted by molar-refractivity contribution is 6.88. The van der Waals surface area contributed by atoms with Crippen molar-refractivity contribution in [1.29, 1.82) is 0 Å². The van der Waals surface area contributed by atoms with E-state index in [0.717, 1.165) is 17.7 Å². The molecule has 0 spiro atoms. The van der Waals surface area contributed by atoms with E-state index in [2.05, 4.69) is 5.32 Å². The number of carboxylic acid groups (broad SMARTS) is 1.